The second kappa shape index (κ2) is 8.62. The first-order valence-electron chi connectivity index (χ1n) is 10.7. The van der Waals surface area contributed by atoms with E-state index in [1.165, 1.54) is 11.0 Å². The molecule has 5 nitrogen and oxygen atoms in total. The van der Waals surface area contributed by atoms with Crippen LogP contribution in [-0.4, -0.2) is 21.1 Å². The molecule has 178 valence electrons. The quantitative estimate of drug-likeness (QED) is 0.375. The first-order chi connectivity index (χ1) is 15.5. The standard InChI is InChI=1S/C23H23F4NO4S/c1-3-8-28-17-7-4-13(9-15(17)12(2)32-23(28)29)10-33(30,31)11-16-19(24)21(26)18(14-5-6-14)22(27)20(16)25/h4,7,9,12,14H,3,5-6,8,10-11H2,1-2H3. The Bertz CT molecular complexity index is 1200. The molecule has 0 spiro atoms. The van der Waals surface area contributed by atoms with Gasteiger partial charge in [-0.25, -0.2) is 30.8 Å². The van der Waals surface area contributed by atoms with Gasteiger partial charge in [0.1, 0.15) is 6.10 Å². The van der Waals surface area contributed by atoms with Gasteiger partial charge in [-0.1, -0.05) is 13.0 Å². The van der Waals surface area contributed by atoms with E-state index in [0.29, 0.717) is 42.6 Å². The van der Waals surface area contributed by atoms with Crippen molar-refractivity contribution in [3.05, 3.63) is 63.7 Å². The first kappa shape index (κ1) is 23.5. The van der Waals surface area contributed by atoms with Crippen LogP contribution in [-0.2, 0) is 26.1 Å². The molecule has 1 saturated carbocycles. The van der Waals surface area contributed by atoms with E-state index in [2.05, 4.69) is 0 Å². The molecule has 1 fully saturated rings. The predicted octanol–water partition coefficient (Wildman–Crippen LogP) is 5.66. The van der Waals surface area contributed by atoms with Gasteiger partial charge in [0, 0.05) is 23.2 Å². The normalized spacial score (nSPS) is 18.3. The molecule has 1 heterocycles. The third kappa shape index (κ3) is 4.45. The van der Waals surface area contributed by atoms with E-state index in [4.69, 9.17) is 4.74 Å². The van der Waals surface area contributed by atoms with Gasteiger partial charge >= 0.3 is 6.09 Å². The average Bonchev–Trinajstić information content (AvgIpc) is 3.58. The van der Waals surface area contributed by atoms with Gasteiger partial charge in [-0.05, 0) is 49.8 Å². The van der Waals surface area contributed by atoms with Crippen LogP contribution >= 0.6 is 0 Å². The average molecular weight is 485 g/mol. The number of carbonyl (C=O) groups is 1. The molecule has 10 heteroatoms. The van der Waals surface area contributed by atoms with Crippen LogP contribution < -0.4 is 4.90 Å². The van der Waals surface area contributed by atoms with Gasteiger partial charge in [-0.15, -0.1) is 0 Å². The lowest BCUT2D eigenvalue weighted by Gasteiger charge is -2.32. The van der Waals surface area contributed by atoms with Crippen molar-refractivity contribution in [1.82, 2.24) is 0 Å². The number of benzene rings is 2. The van der Waals surface area contributed by atoms with Gasteiger partial charge in [0.25, 0.3) is 0 Å². The molecule has 4 rings (SSSR count). The fourth-order valence-corrected chi connectivity index (χ4v) is 5.64. The molecule has 0 aromatic heterocycles. The van der Waals surface area contributed by atoms with E-state index < -0.39 is 73.9 Å². The van der Waals surface area contributed by atoms with E-state index in [1.807, 2.05) is 6.92 Å². The Labute approximate surface area is 189 Å². The van der Waals surface area contributed by atoms with Crippen molar-refractivity contribution in [1.29, 1.82) is 0 Å². The number of fused-ring (bicyclic) bond motifs is 1. The summed E-state index contributed by atoms with van der Waals surface area (Å²) in [6.07, 6.45) is 0.416. The van der Waals surface area contributed by atoms with Gasteiger partial charge < -0.3 is 4.74 Å². The molecule has 2 aliphatic rings. The van der Waals surface area contributed by atoms with Gasteiger partial charge in [-0.2, -0.15) is 0 Å². The Balaban J connectivity index is 1.62. The highest BCUT2D eigenvalue weighted by atomic mass is 32.2. The number of anilines is 1. The molecule has 1 amide bonds. The fourth-order valence-electron chi connectivity index (χ4n) is 4.15. The number of sulfone groups is 1. The predicted molar refractivity (Wildman–Crippen MR) is 114 cm³/mol. The lowest BCUT2D eigenvalue weighted by molar-refractivity contribution is 0.107. The summed E-state index contributed by atoms with van der Waals surface area (Å²) in [7, 11) is -4.20. The second-order valence-corrected chi connectivity index (χ2v) is 10.6. The van der Waals surface area contributed by atoms with E-state index in [-0.39, 0.29) is 0 Å². The summed E-state index contributed by atoms with van der Waals surface area (Å²) < 4.78 is 88.4. The van der Waals surface area contributed by atoms with Gasteiger partial charge in [0.15, 0.2) is 33.1 Å². The monoisotopic (exact) mass is 485 g/mol. The lowest BCUT2D eigenvalue weighted by Crippen LogP contribution is -2.37. The van der Waals surface area contributed by atoms with E-state index in [1.54, 1.807) is 19.1 Å². The number of carbonyl (C=O) groups excluding carboxylic acids is 1. The molecule has 1 unspecified atom stereocenters. The van der Waals surface area contributed by atoms with Crippen molar-refractivity contribution in [2.24, 2.45) is 0 Å². The first-order valence-corrected chi connectivity index (χ1v) is 12.5. The Hall–Kier alpha value is -2.62. The van der Waals surface area contributed by atoms with E-state index in [9.17, 15) is 30.8 Å². The Kier molecular flexibility index (Phi) is 6.15. The van der Waals surface area contributed by atoms with Crippen molar-refractivity contribution in [3.63, 3.8) is 0 Å². The molecule has 2 aromatic rings. The van der Waals surface area contributed by atoms with Crippen LogP contribution in [0.15, 0.2) is 18.2 Å². The minimum Gasteiger partial charge on any atom is -0.441 e. The number of cyclic esters (lactones) is 1. The number of hydrogen-bond donors (Lipinski definition) is 0. The highest BCUT2D eigenvalue weighted by Crippen LogP contribution is 2.44. The maximum absolute atomic E-state index is 14.5. The molecule has 0 bridgehead atoms. The van der Waals surface area contributed by atoms with Crippen LogP contribution in [0.25, 0.3) is 0 Å². The molecular weight excluding hydrogens is 462 g/mol. The zero-order valence-corrected chi connectivity index (χ0v) is 18.9. The van der Waals surface area contributed by atoms with Crippen LogP contribution in [0.5, 0.6) is 0 Å². The van der Waals surface area contributed by atoms with Crippen LogP contribution in [0.4, 0.5) is 28.0 Å². The molecule has 0 saturated heterocycles. The largest absolute Gasteiger partial charge is 0.441 e. The summed E-state index contributed by atoms with van der Waals surface area (Å²) >= 11 is 0. The Morgan fingerprint density at radius 2 is 1.67 bits per heavy atom. The molecule has 0 N–H and O–H groups in total. The van der Waals surface area contributed by atoms with E-state index >= 15 is 0 Å². The topological polar surface area (TPSA) is 63.7 Å². The zero-order chi connectivity index (χ0) is 24.1. The van der Waals surface area contributed by atoms with Crippen molar-refractivity contribution < 1.29 is 35.5 Å². The van der Waals surface area contributed by atoms with Gasteiger partial charge in [0.05, 0.1) is 17.2 Å². The number of amides is 1. The molecule has 1 aliphatic heterocycles. The Morgan fingerprint density at radius 3 is 2.24 bits per heavy atom. The molecule has 1 aliphatic carbocycles. The zero-order valence-electron chi connectivity index (χ0n) is 18.1. The third-order valence-corrected chi connectivity index (χ3v) is 7.39. The molecule has 33 heavy (non-hydrogen) atoms. The van der Waals surface area contributed by atoms with Crippen LogP contribution in [0.2, 0.25) is 0 Å². The summed E-state index contributed by atoms with van der Waals surface area (Å²) in [5.41, 5.74) is -0.297. The summed E-state index contributed by atoms with van der Waals surface area (Å²) in [5.74, 6) is -8.77. The summed E-state index contributed by atoms with van der Waals surface area (Å²) in [6, 6.07) is 4.64. The number of nitrogens with zero attached hydrogens (tertiary/aromatic N) is 1. The fraction of sp³-hybridized carbons (Fsp3) is 0.435. The number of hydrogen-bond acceptors (Lipinski definition) is 4. The van der Waals surface area contributed by atoms with Crippen LogP contribution in [0.3, 0.4) is 0 Å². The second-order valence-electron chi connectivity index (χ2n) is 8.53. The summed E-state index contributed by atoms with van der Waals surface area (Å²) in [6.45, 7) is 3.96. The number of rotatable bonds is 7. The maximum atomic E-state index is 14.5. The number of halogens is 4. The molecular formula is C23H23F4NO4S. The minimum absolute atomic E-state index is 0.298. The van der Waals surface area contributed by atoms with E-state index in [0.717, 1.165) is 0 Å². The van der Waals surface area contributed by atoms with Crippen molar-refractivity contribution in [3.8, 4) is 0 Å². The van der Waals surface area contributed by atoms with Crippen molar-refractivity contribution in [2.45, 2.75) is 56.6 Å². The van der Waals surface area contributed by atoms with Crippen molar-refractivity contribution >= 4 is 21.6 Å². The molecule has 0 radical (unpaired) electrons. The highest BCUT2D eigenvalue weighted by molar-refractivity contribution is 7.89. The molecule has 2 aromatic carbocycles. The molecule has 1 atom stereocenters. The third-order valence-electron chi connectivity index (χ3n) is 5.89. The van der Waals surface area contributed by atoms with Crippen LogP contribution in [0, 0.1) is 23.3 Å². The van der Waals surface area contributed by atoms with Crippen molar-refractivity contribution in [2.75, 3.05) is 11.4 Å². The maximum Gasteiger partial charge on any atom is 0.414 e. The summed E-state index contributed by atoms with van der Waals surface area (Å²) in [5, 5.41) is 0. The SMILES string of the molecule is CCCN1C(=O)OC(C)c2cc(CS(=O)(=O)Cc3c(F)c(F)c(C4CC4)c(F)c3F)ccc21. The smallest absolute Gasteiger partial charge is 0.414 e. The highest BCUT2D eigenvalue weighted by Gasteiger charge is 2.36. The van der Waals surface area contributed by atoms with Gasteiger partial charge in [-0.3, -0.25) is 4.90 Å². The number of ether oxygens (including phenoxy) is 1. The van der Waals surface area contributed by atoms with Crippen LogP contribution in [0.1, 0.15) is 67.4 Å². The van der Waals surface area contributed by atoms with Gasteiger partial charge in [0.2, 0.25) is 0 Å². The summed E-state index contributed by atoms with van der Waals surface area (Å²) in [4.78, 5) is 13.6. The minimum atomic E-state index is -4.20. The Morgan fingerprint density at radius 1 is 1.03 bits per heavy atom. The lowest BCUT2D eigenvalue weighted by atomic mass is 10.0.